The predicted octanol–water partition coefficient (Wildman–Crippen LogP) is 3.84. The zero-order valence-electron chi connectivity index (χ0n) is 13.0. The number of anilines is 2. The minimum atomic E-state index is -0.168. The summed E-state index contributed by atoms with van der Waals surface area (Å²) in [4.78, 5) is 2.35. The number of hydrogen-bond donors (Lipinski definition) is 1. The van der Waals surface area contributed by atoms with Gasteiger partial charge in [0.15, 0.2) is 0 Å². The van der Waals surface area contributed by atoms with Gasteiger partial charge in [0.05, 0.1) is 0 Å². The lowest BCUT2D eigenvalue weighted by Crippen LogP contribution is -2.55. The molecule has 2 aromatic rings. The fourth-order valence-corrected chi connectivity index (χ4v) is 3.90. The van der Waals surface area contributed by atoms with Gasteiger partial charge >= 0.3 is 0 Å². The first-order chi connectivity index (χ1) is 11.2. The van der Waals surface area contributed by atoms with Crippen molar-refractivity contribution in [2.75, 3.05) is 17.2 Å². The number of nitrogens with zero attached hydrogens (tertiary/aromatic N) is 1. The minimum Gasteiger partial charge on any atom is -0.490 e. The van der Waals surface area contributed by atoms with Crippen LogP contribution in [0.4, 0.5) is 15.8 Å². The van der Waals surface area contributed by atoms with E-state index in [-0.39, 0.29) is 11.9 Å². The van der Waals surface area contributed by atoms with E-state index in [1.807, 2.05) is 30.3 Å². The molecule has 0 aromatic heterocycles. The number of rotatable bonds is 3. The van der Waals surface area contributed by atoms with Gasteiger partial charge in [0.25, 0.3) is 0 Å². The van der Waals surface area contributed by atoms with Gasteiger partial charge in [0, 0.05) is 36.3 Å². The van der Waals surface area contributed by atoms with Crippen molar-refractivity contribution in [1.29, 1.82) is 0 Å². The third kappa shape index (κ3) is 2.85. The van der Waals surface area contributed by atoms with Crippen LogP contribution in [0.15, 0.2) is 48.5 Å². The van der Waals surface area contributed by atoms with Crippen molar-refractivity contribution in [1.82, 2.24) is 0 Å². The fourth-order valence-electron chi connectivity index (χ4n) is 3.90. The van der Waals surface area contributed by atoms with E-state index in [1.54, 1.807) is 12.1 Å². The Bertz CT molecular complexity index is 688. The Hall–Kier alpha value is -2.23. The summed E-state index contributed by atoms with van der Waals surface area (Å²) >= 11 is 0. The molecule has 0 amide bonds. The van der Waals surface area contributed by atoms with Crippen molar-refractivity contribution in [2.24, 2.45) is 5.92 Å². The Balaban J connectivity index is 1.48. The molecular formula is C19H21FN2O. The highest BCUT2D eigenvalue weighted by Crippen LogP contribution is 2.39. The van der Waals surface area contributed by atoms with Gasteiger partial charge in [-0.25, -0.2) is 4.39 Å². The summed E-state index contributed by atoms with van der Waals surface area (Å²) in [5.74, 6) is 1.20. The number of fused-ring (bicyclic) bond motifs is 3. The largest absolute Gasteiger partial charge is 0.490 e. The topological polar surface area (TPSA) is 38.5 Å². The number of piperidine rings is 2. The third-order valence-corrected chi connectivity index (χ3v) is 5.08. The molecule has 1 aliphatic carbocycles. The molecule has 23 heavy (non-hydrogen) atoms. The Morgan fingerprint density at radius 3 is 2.61 bits per heavy atom. The average molecular weight is 312 g/mol. The molecule has 120 valence electrons. The van der Waals surface area contributed by atoms with Crippen LogP contribution in [0.2, 0.25) is 0 Å². The molecule has 1 saturated carbocycles. The monoisotopic (exact) mass is 312 g/mol. The molecule has 2 heterocycles. The molecule has 2 aliphatic heterocycles. The second-order valence-corrected chi connectivity index (χ2v) is 6.58. The summed E-state index contributed by atoms with van der Waals surface area (Å²) in [5.41, 5.74) is 7.46. The molecule has 2 bridgehead atoms. The van der Waals surface area contributed by atoms with Crippen molar-refractivity contribution < 1.29 is 9.13 Å². The number of halogens is 1. The summed E-state index contributed by atoms with van der Waals surface area (Å²) in [6.07, 6.45) is 3.56. The Morgan fingerprint density at radius 1 is 1.09 bits per heavy atom. The first kappa shape index (κ1) is 14.4. The maximum absolute atomic E-state index is 13.5. The SMILES string of the molecule is Nc1ccc(OC2CC3CCC2CN3c2cccc(F)c2)cc1. The fraction of sp³-hybridized carbons (Fsp3) is 0.368. The maximum atomic E-state index is 13.5. The van der Waals surface area contributed by atoms with E-state index >= 15 is 0 Å². The van der Waals surface area contributed by atoms with Gasteiger partial charge < -0.3 is 15.4 Å². The van der Waals surface area contributed by atoms with Gasteiger partial charge in [-0.15, -0.1) is 0 Å². The average Bonchev–Trinajstić information content (AvgIpc) is 2.57. The minimum absolute atomic E-state index is 0.168. The number of hydrogen-bond acceptors (Lipinski definition) is 3. The van der Waals surface area contributed by atoms with E-state index in [4.69, 9.17) is 10.5 Å². The molecule has 3 nitrogen and oxygen atoms in total. The molecule has 5 rings (SSSR count). The van der Waals surface area contributed by atoms with Crippen LogP contribution in [0, 0.1) is 11.7 Å². The summed E-state index contributed by atoms with van der Waals surface area (Å²) in [6, 6.07) is 15.0. The first-order valence-electron chi connectivity index (χ1n) is 8.23. The van der Waals surface area contributed by atoms with Crippen LogP contribution in [0.5, 0.6) is 5.75 Å². The lowest BCUT2D eigenvalue weighted by atomic mass is 9.77. The van der Waals surface area contributed by atoms with Crippen LogP contribution in [-0.2, 0) is 0 Å². The molecular weight excluding hydrogens is 291 g/mol. The number of benzene rings is 2. The van der Waals surface area contributed by atoms with E-state index in [1.165, 1.54) is 12.5 Å². The summed E-state index contributed by atoms with van der Waals surface area (Å²) in [7, 11) is 0. The van der Waals surface area contributed by atoms with E-state index in [2.05, 4.69) is 4.90 Å². The normalized spacial score (nSPS) is 26.3. The van der Waals surface area contributed by atoms with Crippen molar-refractivity contribution in [3.63, 3.8) is 0 Å². The molecule has 2 aromatic carbocycles. The highest BCUT2D eigenvalue weighted by molar-refractivity contribution is 5.49. The van der Waals surface area contributed by atoms with Crippen LogP contribution in [-0.4, -0.2) is 18.7 Å². The van der Waals surface area contributed by atoms with Crippen molar-refractivity contribution >= 4 is 11.4 Å². The van der Waals surface area contributed by atoms with Gasteiger partial charge in [-0.3, -0.25) is 0 Å². The van der Waals surface area contributed by atoms with Crippen LogP contribution in [0.3, 0.4) is 0 Å². The molecule has 0 spiro atoms. The maximum Gasteiger partial charge on any atom is 0.125 e. The predicted molar refractivity (Wildman–Crippen MR) is 90.1 cm³/mol. The molecule has 2 saturated heterocycles. The Labute approximate surface area is 135 Å². The molecule has 4 heteroatoms. The van der Waals surface area contributed by atoms with Crippen LogP contribution >= 0.6 is 0 Å². The Kier molecular flexibility index (Phi) is 3.60. The van der Waals surface area contributed by atoms with Crippen LogP contribution < -0.4 is 15.4 Å². The highest BCUT2D eigenvalue weighted by Gasteiger charge is 2.41. The zero-order chi connectivity index (χ0) is 15.8. The lowest BCUT2D eigenvalue weighted by molar-refractivity contribution is 0.0572. The summed E-state index contributed by atoms with van der Waals surface area (Å²) in [5, 5.41) is 0. The molecule has 2 N–H and O–H groups in total. The quantitative estimate of drug-likeness (QED) is 0.875. The van der Waals surface area contributed by atoms with Gasteiger partial charge in [0.1, 0.15) is 17.7 Å². The van der Waals surface area contributed by atoms with Gasteiger partial charge in [0.2, 0.25) is 0 Å². The zero-order valence-corrected chi connectivity index (χ0v) is 13.0. The standard InChI is InChI=1S/C19H21FN2O/c20-14-2-1-3-16(10-14)22-12-13-4-7-17(22)11-19(13)23-18-8-5-15(21)6-9-18/h1-3,5-6,8-10,13,17,19H,4,7,11-12,21H2. The Morgan fingerprint density at radius 2 is 1.91 bits per heavy atom. The molecule has 3 unspecified atom stereocenters. The van der Waals surface area contributed by atoms with Crippen molar-refractivity contribution in [2.45, 2.75) is 31.4 Å². The molecule has 3 fully saturated rings. The van der Waals surface area contributed by atoms with Crippen molar-refractivity contribution in [3.05, 3.63) is 54.3 Å². The van der Waals surface area contributed by atoms with Gasteiger partial charge in [-0.05, 0) is 55.3 Å². The first-order valence-corrected chi connectivity index (χ1v) is 8.23. The number of ether oxygens (including phenoxy) is 1. The number of nitrogen functional groups attached to an aromatic ring is 1. The van der Waals surface area contributed by atoms with E-state index in [9.17, 15) is 4.39 Å². The van der Waals surface area contributed by atoms with Crippen molar-refractivity contribution in [3.8, 4) is 5.75 Å². The molecule has 3 aliphatic rings. The number of nitrogens with two attached hydrogens (primary N) is 1. The van der Waals surface area contributed by atoms with E-state index in [0.29, 0.717) is 12.0 Å². The summed E-state index contributed by atoms with van der Waals surface area (Å²) < 4.78 is 19.7. The second-order valence-electron chi connectivity index (χ2n) is 6.58. The van der Waals surface area contributed by atoms with Gasteiger partial charge in [-0.2, -0.15) is 0 Å². The van der Waals surface area contributed by atoms with E-state index in [0.717, 1.165) is 36.5 Å². The second kappa shape index (κ2) is 5.76. The van der Waals surface area contributed by atoms with Crippen LogP contribution in [0.25, 0.3) is 0 Å². The molecule has 3 atom stereocenters. The van der Waals surface area contributed by atoms with Gasteiger partial charge in [-0.1, -0.05) is 6.07 Å². The summed E-state index contributed by atoms with van der Waals surface area (Å²) in [6.45, 7) is 0.938. The third-order valence-electron chi connectivity index (χ3n) is 5.08. The highest BCUT2D eigenvalue weighted by atomic mass is 19.1. The smallest absolute Gasteiger partial charge is 0.125 e. The van der Waals surface area contributed by atoms with Crippen LogP contribution in [0.1, 0.15) is 19.3 Å². The van der Waals surface area contributed by atoms with E-state index < -0.39 is 0 Å². The molecule has 0 radical (unpaired) electrons. The lowest BCUT2D eigenvalue weighted by Gasteiger charge is -2.50.